The average Bonchev–Trinajstić information content (AvgIpc) is 2.37. The van der Waals surface area contributed by atoms with E-state index in [1.165, 1.54) is 18.3 Å². The molecule has 1 heterocycles. The molecule has 3 N–H and O–H groups in total. The Balaban J connectivity index is 2.22. The number of nitrogens with zero attached hydrogens (tertiary/aromatic N) is 1. The van der Waals surface area contributed by atoms with Gasteiger partial charge in [0.2, 0.25) is 0 Å². The number of pyridine rings is 1. The Labute approximate surface area is 104 Å². The van der Waals surface area contributed by atoms with Crippen LogP contribution in [0.1, 0.15) is 16.8 Å². The molecule has 0 aliphatic rings. The number of benzene rings is 1. The smallest absolute Gasteiger partial charge is 0.124 e. The topological polar surface area (TPSA) is 62.8 Å². The molecule has 0 atom stereocenters. The van der Waals surface area contributed by atoms with Gasteiger partial charge in [-0.05, 0) is 36.3 Å². The summed E-state index contributed by atoms with van der Waals surface area (Å²) in [6, 6.07) is 9.39. The number of hydrogen-bond donors (Lipinski definition) is 2. The first-order valence-corrected chi connectivity index (χ1v) is 5.23. The first-order valence-electron chi connectivity index (χ1n) is 5.23. The van der Waals surface area contributed by atoms with Crippen LogP contribution in [0, 0.1) is 23.1 Å². The normalized spacial score (nSPS) is 9.39. The lowest BCUT2D eigenvalue weighted by Gasteiger charge is -1.96. The van der Waals surface area contributed by atoms with Gasteiger partial charge >= 0.3 is 0 Å². The SMILES string of the molecule is N=C(N)c1ccc(C#Cc2cccc(F)c2)nc1. The number of aromatic nitrogens is 1. The Morgan fingerprint density at radius 2 is 2.06 bits per heavy atom. The van der Waals surface area contributed by atoms with Crippen molar-refractivity contribution in [2.75, 3.05) is 0 Å². The zero-order valence-corrected chi connectivity index (χ0v) is 9.44. The Hall–Kier alpha value is -2.67. The van der Waals surface area contributed by atoms with Crippen LogP contribution < -0.4 is 5.73 Å². The van der Waals surface area contributed by atoms with Crippen LogP contribution in [0.25, 0.3) is 0 Å². The average molecular weight is 239 g/mol. The van der Waals surface area contributed by atoms with Gasteiger partial charge in [-0.3, -0.25) is 5.41 Å². The summed E-state index contributed by atoms with van der Waals surface area (Å²) in [5, 5.41) is 7.23. The highest BCUT2D eigenvalue weighted by atomic mass is 19.1. The minimum Gasteiger partial charge on any atom is -0.384 e. The number of rotatable bonds is 1. The van der Waals surface area contributed by atoms with Gasteiger partial charge < -0.3 is 5.73 Å². The lowest BCUT2D eigenvalue weighted by Crippen LogP contribution is -2.11. The molecule has 0 fully saturated rings. The van der Waals surface area contributed by atoms with E-state index in [4.69, 9.17) is 11.1 Å². The van der Waals surface area contributed by atoms with Crippen molar-refractivity contribution in [1.29, 1.82) is 5.41 Å². The van der Waals surface area contributed by atoms with E-state index >= 15 is 0 Å². The monoisotopic (exact) mass is 239 g/mol. The largest absolute Gasteiger partial charge is 0.384 e. The van der Waals surface area contributed by atoms with Gasteiger partial charge in [-0.1, -0.05) is 12.0 Å². The highest BCUT2D eigenvalue weighted by Gasteiger charge is 1.96. The molecular weight excluding hydrogens is 229 g/mol. The van der Waals surface area contributed by atoms with Gasteiger partial charge in [0, 0.05) is 17.3 Å². The van der Waals surface area contributed by atoms with Crippen LogP contribution in [-0.2, 0) is 0 Å². The van der Waals surface area contributed by atoms with Crippen LogP contribution in [0.4, 0.5) is 4.39 Å². The summed E-state index contributed by atoms with van der Waals surface area (Å²) in [5.41, 5.74) is 6.99. The lowest BCUT2D eigenvalue weighted by atomic mass is 10.2. The summed E-state index contributed by atoms with van der Waals surface area (Å²) >= 11 is 0. The number of nitrogens with two attached hydrogens (primary N) is 1. The molecule has 18 heavy (non-hydrogen) atoms. The van der Waals surface area contributed by atoms with E-state index in [0.29, 0.717) is 16.8 Å². The molecule has 0 aliphatic carbocycles. The lowest BCUT2D eigenvalue weighted by molar-refractivity contribution is 0.627. The number of nitrogens with one attached hydrogen (secondary N) is 1. The molecule has 2 aromatic rings. The van der Waals surface area contributed by atoms with Crippen LogP contribution >= 0.6 is 0 Å². The fourth-order valence-electron chi connectivity index (χ4n) is 1.33. The van der Waals surface area contributed by atoms with Gasteiger partial charge in [-0.25, -0.2) is 9.37 Å². The third-order valence-corrected chi connectivity index (χ3v) is 2.23. The second-order valence-electron chi connectivity index (χ2n) is 3.61. The standard InChI is InChI=1S/C14H10FN3/c15-12-3-1-2-10(8-12)4-6-13-7-5-11(9-18-13)14(16)17/h1-3,5,7-9H,(H3,16,17). The maximum absolute atomic E-state index is 12.9. The van der Waals surface area contributed by atoms with Crippen molar-refractivity contribution >= 4 is 5.84 Å². The Morgan fingerprint density at radius 1 is 1.22 bits per heavy atom. The van der Waals surface area contributed by atoms with Gasteiger partial charge in [0.15, 0.2) is 0 Å². The molecule has 1 aromatic heterocycles. The Bertz CT molecular complexity index is 636. The molecule has 4 heteroatoms. The van der Waals surface area contributed by atoms with Crippen LogP contribution in [0.2, 0.25) is 0 Å². The molecular formula is C14H10FN3. The van der Waals surface area contributed by atoms with E-state index in [9.17, 15) is 4.39 Å². The second-order valence-corrected chi connectivity index (χ2v) is 3.61. The zero-order chi connectivity index (χ0) is 13.0. The Morgan fingerprint density at radius 3 is 2.67 bits per heavy atom. The summed E-state index contributed by atoms with van der Waals surface area (Å²) in [6.07, 6.45) is 1.48. The molecule has 0 saturated heterocycles. The van der Waals surface area contributed by atoms with Crippen LogP contribution in [-0.4, -0.2) is 10.8 Å². The minimum atomic E-state index is -0.318. The van der Waals surface area contributed by atoms with Gasteiger partial charge in [0.05, 0.1) is 0 Å². The van der Waals surface area contributed by atoms with E-state index < -0.39 is 0 Å². The highest BCUT2D eigenvalue weighted by molar-refractivity contribution is 5.94. The van der Waals surface area contributed by atoms with E-state index in [1.54, 1.807) is 24.3 Å². The molecule has 0 bridgehead atoms. The zero-order valence-electron chi connectivity index (χ0n) is 9.44. The molecule has 88 valence electrons. The second kappa shape index (κ2) is 5.11. The molecule has 0 saturated carbocycles. The molecule has 1 aromatic carbocycles. The van der Waals surface area contributed by atoms with E-state index in [0.717, 1.165) is 0 Å². The number of halogens is 1. The van der Waals surface area contributed by atoms with Crippen molar-refractivity contribution < 1.29 is 4.39 Å². The number of amidine groups is 1. The van der Waals surface area contributed by atoms with Gasteiger partial charge in [0.1, 0.15) is 17.3 Å². The van der Waals surface area contributed by atoms with Crippen LogP contribution in [0.5, 0.6) is 0 Å². The first kappa shape index (κ1) is 11.8. The predicted octanol–water partition coefficient (Wildman–Crippen LogP) is 1.90. The molecule has 3 nitrogen and oxygen atoms in total. The van der Waals surface area contributed by atoms with Crippen molar-refractivity contribution in [2.24, 2.45) is 5.73 Å². The maximum atomic E-state index is 12.9. The van der Waals surface area contributed by atoms with E-state index in [1.807, 2.05) is 0 Å². The molecule has 0 radical (unpaired) electrons. The predicted molar refractivity (Wildman–Crippen MR) is 67.6 cm³/mol. The summed E-state index contributed by atoms with van der Waals surface area (Å²) < 4.78 is 12.9. The Kier molecular flexibility index (Phi) is 3.35. The number of nitrogen functional groups attached to an aromatic ring is 1. The van der Waals surface area contributed by atoms with E-state index in [2.05, 4.69) is 16.8 Å². The third-order valence-electron chi connectivity index (χ3n) is 2.23. The molecule has 0 unspecified atom stereocenters. The molecule has 0 aliphatic heterocycles. The van der Waals surface area contributed by atoms with Crippen molar-refractivity contribution in [1.82, 2.24) is 4.98 Å². The van der Waals surface area contributed by atoms with Crippen LogP contribution in [0.3, 0.4) is 0 Å². The summed E-state index contributed by atoms with van der Waals surface area (Å²) in [6.45, 7) is 0. The van der Waals surface area contributed by atoms with Gasteiger partial charge in [-0.2, -0.15) is 0 Å². The maximum Gasteiger partial charge on any atom is 0.124 e. The summed E-state index contributed by atoms with van der Waals surface area (Å²) in [5.74, 6) is 5.28. The fourth-order valence-corrected chi connectivity index (χ4v) is 1.33. The van der Waals surface area contributed by atoms with Crippen LogP contribution in [0.15, 0.2) is 42.6 Å². The van der Waals surface area contributed by atoms with Gasteiger partial charge in [0.25, 0.3) is 0 Å². The van der Waals surface area contributed by atoms with Crippen molar-refractivity contribution in [3.8, 4) is 11.8 Å². The molecule has 0 amide bonds. The minimum absolute atomic E-state index is 0.0351. The molecule has 0 spiro atoms. The first-order chi connectivity index (χ1) is 8.65. The third kappa shape index (κ3) is 2.92. The van der Waals surface area contributed by atoms with E-state index in [-0.39, 0.29) is 11.7 Å². The summed E-state index contributed by atoms with van der Waals surface area (Å²) in [4.78, 5) is 4.05. The number of hydrogen-bond acceptors (Lipinski definition) is 2. The molecule has 2 rings (SSSR count). The van der Waals surface area contributed by atoms with Crippen molar-refractivity contribution in [2.45, 2.75) is 0 Å². The van der Waals surface area contributed by atoms with Gasteiger partial charge in [-0.15, -0.1) is 0 Å². The quantitative estimate of drug-likeness (QED) is 0.453. The summed E-state index contributed by atoms with van der Waals surface area (Å²) in [7, 11) is 0. The van der Waals surface area contributed by atoms with Crippen molar-refractivity contribution in [3.05, 3.63) is 65.2 Å². The fraction of sp³-hybridized carbons (Fsp3) is 0. The van der Waals surface area contributed by atoms with Crippen molar-refractivity contribution in [3.63, 3.8) is 0 Å². The highest BCUT2D eigenvalue weighted by Crippen LogP contribution is 2.02.